The van der Waals surface area contributed by atoms with Crippen LogP contribution >= 0.6 is 0 Å². The van der Waals surface area contributed by atoms with E-state index in [0.717, 1.165) is 30.6 Å². The lowest BCUT2D eigenvalue weighted by atomic mass is 9.88. The molecule has 33 heavy (non-hydrogen) atoms. The molecule has 8 heteroatoms. The number of hydrogen-bond acceptors (Lipinski definition) is 4. The second-order valence-corrected chi connectivity index (χ2v) is 9.11. The first kappa shape index (κ1) is 22.5. The van der Waals surface area contributed by atoms with Gasteiger partial charge in [-0.3, -0.25) is 14.4 Å². The molecule has 8 nitrogen and oxygen atoms in total. The van der Waals surface area contributed by atoms with Gasteiger partial charge in [-0.05, 0) is 63.1 Å². The highest BCUT2D eigenvalue weighted by atomic mass is 16.2. The van der Waals surface area contributed by atoms with E-state index in [1.54, 1.807) is 62.4 Å². The number of imide groups is 1. The van der Waals surface area contributed by atoms with Gasteiger partial charge in [-0.1, -0.05) is 31.4 Å². The Morgan fingerprint density at radius 2 is 1.61 bits per heavy atom. The molecule has 172 valence electrons. The quantitative estimate of drug-likeness (QED) is 0.593. The van der Waals surface area contributed by atoms with E-state index in [9.17, 15) is 19.2 Å². The van der Waals surface area contributed by atoms with Gasteiger partial charge in [-0.2, -0.15) is 0 Å². The van der Waals surface area contributed by atoms with Gasteiger partial charge < -0.3 is 16.0 Å². The largest absolute Gasteiger partial charge is 0.329 e. The first-order valence-electron chi connectivity index (χ1n) is 11.2. The number of anilines is 3. The Bertz CT molecular complexity index is 1110. The Morgan fingerprint density at radius 1 is 0.939 bits per heavy atom. The number of nitrogens with zero attached hydrogens (tertiary/aromatic N) is 1. The molecule has 1 saturated carbocycles. The third-order valence-electron chi connectivity index (χ3n) is 6.09. The zero-order valence-electron chi connectivity index (χ0n) is 18.8. The minimum atomic E-state index is -0.987. The smallest absolute Gasteiger partial charge is 0.326 e. The molecule has 5 amide bonds. The Morgan fingerprint density at radius 3 is 2.27 bits per heavy atom. The Balaban J connectivity index is 1.45. The molecule has 0 aromatic heterocycles. The van der Waals surface area contributed by atoms with Crippen LogP contribution in [0.5, 0.6) is 0 Å². The number of benzene rings is 2. The molecule has 0 unspecified atom stereocenters. The third kappa shape index (κ3) is 4.89. The molecular weight excluding hydrogens is 420 g/mol. The lowest BCUT2D eigenvalue weighted by Crippen LogP contribution is -2.40. The maximum absolute atomic E-state index is 12.8. The fourth-order valence-corrected chi connectivity index (χ4v) is 4.26. The maximum atomic E-state index is 12.8. The summed E-state index contributed by atoms with van der Waals surface area (Å²) in [5.41, 5.74) is 0.791. The summed E-state index contributed by atoms with van der Waals surface area (Å²) in [5, 5.41) is 8.36. The van der Waals surface area contributed by atoms with Crippen LogP contribution in [0.3, 0.4) is 0 Å². The van der Waals surface area contributed by atoms with E-state index < -0.39 is 11.6 Å². The van der Waals surface area contributed by atoms with Crippen molar-refractivity contribution in [2.24, 2.45) is 5.92 Å². The number of nitrogens with one attached hydrogen (secondary N) is 3. The molecular formula is C25H28N4O4. The molecule has 3 N–H and O–H groups in total. The normalized spacial score (nSPS) is 18.1. The summed E-state index contributed by atoms with van der Waals surface area (Å²) in [4.78, 5) is 51.2. The van der Waals surface area contributed by atoms with Crippen molar-refractivity contribution in [3.63, 3.8) is 0 Å². The van der Waals surface area contributed by atoms with Crippen LogP contribution in [-0.2, 0) is 9.59 Å². The van der Waals surface area contributed by atoms with Gasteiger partial charge in [-0.15, -0.1) is 0 Å². The SMILES string of the molecule is CC1(C)NC(=O)N(c2cccc(NC(=O)c3cccc(NC(=O)C4CCCCC4)c3)c2)C1=O. The highest BCUT2D eigenvalue weighted by molar-refractivity contribution is 6.23. The third-order valence-corrected chi connectivity index (χ3v) is 6.09. The van der Waals surface area contributed by atoms with Gasteiger partial charge in [0.05, 0.1) is 5.69 Å². The average molecular weight is 449 g/mol. The fraction of sp³-hybridized carbons (Fsp3) is 0.360. The molecule has 4 rings (SSSR count). The topological polar surface area (TPSA) is 108 Å². The summed E-state index contributed by atoms with van der Waals surface area (Å²) in [5.74, 6) is -0.707. The highest BCUT2D eigenvalue weighted by Gasteiger charge is 2.45. The minimum absolute atomic E-state index is 0.00330. The first-order valence-corrected chi connectivity index (χ1v) is 11.2. The molecule has 2 fully saturated rings. The number of carbonyl (C=O) groups is 4. The van der Waals surface area contributed by atoms with Gasteiger partial charge in [0, 0.05) is 22.9 Å². The Kier molecular flexibility index (Phi) is 6.18. The summed E-state index contributed by atoms with van der Waals surface area (Å²) in [6.07, 6.45) is 5.12. The molecule has 2 aliphatic rings. The van der Waals surface area contributed by atoms with E-state index in [0.29, 0.717) is 22.6 Å². The standard InChI is InChI=1S/C25H28N4O4/c1-25(2)23(32)29(24(33)28-25)20-13-7-12-19(15-20)27-22(31)17-10-6-11-18(14-17)26-21(30)16-8-4-3-5-9-16/h6-7,10-16H,3-5,8-9H2,1-2H3,(H,26,30)(H,27,31)(H,28,33). The summed E-state index contributed by atoms with van der Waals surface area (Å²) in [6.45, 7) is 3.28. The molecule has 0 radical (unpaired) electrons. The van der Waals surface area contributed by atoms with E-state index in [1.165, 1.54) is 6.42 Å². The summed E-state index contributed by atoms with van der Waals surface area (Å²) in [7, 11) is 0. The minimum Gasteiger partial charge on any atom is -0.326 e. The van der Waals surface area contributed by atoms with E-state index >= 15 is 0 Å². The van der Waals surface area contributed by atoms with Crippen LogP contribution in [0.4, 0.5) is 21.9 Å². The molecule has 2 aromatic carbocycles. The predicted octanol–water partition coefficient (Wildman–Crippen LogP) is 4.29. The lowest BCUT2D eigenvalue weighted by Gasteiger charge is -2.20. The van der Waals surface area contributed by atoms with Crippen molar-refractivity contribution < 1.29 is 19.2 Å². The van der Waals surface area contributed by atoms with Crippen molar-refractivity contribution in [2.75, 3.05) is 15.5 Å². The second kappa shape index (κ2) is 9.05. The van der Waals surface area contributed by atoms with Crippen LogP contribution in [0.2, 0.25) is 0 Å². The van der Waals surface area contributed by atoms with Crippen LogP contribution in [-0.4, -0.2) is 29.3 Å². The molecule has 0 spiro atoms. The van der Waals surface area contributed by atoms with Crippen LogP contribution in [0.1, 0.15) is 56.3 Å². The van der Waals surface area contributed by atoms with E-state index in [4.69, 9.17) is 0 Å². The van der Waals surface area contributed by atoms with Crippen molar-refractivity contribution in [2.45, 2.75) is 51.5 Å². The van der Waals surface area contributed by atoms with Gasteiger partial charge >= 0.3 is 6.03 Å². The first-order chi connectivity index (χ1) is 15.7. The van der Waals surface area contributed by atoms with E-state index in [-0.39, 0.29) is 23.6 Å². The lowest BCUT2D eigenvalue weighted by molar-refractivity contribution is -0.121. The molecule has 1 aliphatic carbocycles. The average Bonchev–Trinajstić information content (AvgIpc) is 3.00. The molecule has 2 aromatic rings. The van der Waals surface area contributed by atoms with Crippen molar-refractivity contribution in [3.8, 4) is 0 Å². The zero-order chi connectivity index (χ0) is 23.6. The molecule has 1 heterocycles. The second-order valence-electron chi connectivity index (χ2n) is 9.11. The van der Waals surface area contributed by atoms with Gasteiger partial charge in [0.25, 0.3) is 11.8 Å². The van der Waals surface area contributed by atoms with Gasteiger partial charge in [-0.25, -0.2) is 9.69 Å². The number of hydrogen-bond donors (Lipinski definition) is 3. The number of rotatable bonds is 5. The van der Waals surface area contributed by atoms with Crippen LogP contribution in [0, 0.1) is 5.92 Å². The van der Waals surface area contributed by atoms with Crippen molar-refractivity contribution in [1.29, 1.82) is 0 Å². The number of urea groups is 1. The van der Waals surface area contributed by atoms with Gasteiger partial charge in [0.1, 0.15) is 5.54 Å². The number of carbonyl (C=O) groups excluding carboxylic acids is 4. The Labute approximate surface area is 192 Å². The molecule has 1 saturated heterocycles. The van der Waals surface area contributed by atoms with Crippen molar-refractivity contribution in [1.82, 2.24) is 5.32 Å². The zero-order valence-corrected chi connectivity index (χ0v) is 18.8. The maximum Gasteiger partial charge on any atom is 0.329 e. The fourth-order valence-electron chi connectivity index (χ4n) is 4.26. The monoisotopic (exact) mass is 448 g/mol. The summed E-state index contributed by atoms with van der Waals surface area (Å²) >= 11 is 0. The van der Waals surface area contributed by atoms with Gasteiger partial charge in [0.15, 0.2) is 0 Å². The van der Waals surface area contributed by atoms with Crippen LogP contribution in [0.25, 0.3) is 0 Å². The van der Waals surface area contributed by atoms with Gasteiger partial charge in [0.2, 0.25) is 5.91 Å². The Hall–Kier alpha value is -3.68. The van der Waals surface area contributed by atoms with Crippen molar-refractivity contribution >= 4 is 40.8 Å². The molecule has 0 bridgehead atoms. The summed E-state index contributed by atoms with van der Waals surface area (Å²) in [6, 6.07) is 12.8. The summed E-state index contributed by atoms with van der Waals surface area (Å²) < 4.78 is 0. The number of amides is 5. The molecule has 0 atom stereocenters. The predicted molar refractivity (Wildman–Crippen MR) is 126 cm³/mol. The van der Waals surface area contributed by atoms with Crippen molar-refractivity contribution in [3.05, 3.63) is 54.1 Å². The molecule has 1 aliphatic heterocycles. The van der Waals surface area contributed by atoms with Crippen LogP contribution < -0.4 is 20.9 Å². The highest BCUT2D eigenvalue weighted by Crippen LogP contribution is 2.27. The van der Waals surface area contributed by atoms with E-state index in [1.807, 2.05) is 0 Å². The van der Waals surface area contributed by atoms with Crippen LogP contribution in [0.15, 0.2) is 48.5 Å². The van der Waals surface area contributed by atoms with E-state index in [2.05, 4.69) is 16.0 Å².